The minimum absolute atomic E-state index is 0.202. The zero-order chi connectivity index (χ0) is 19.8. The lowest BCUT2D eigenvalue weighted by Gasteiger charge is -2.12. The van der Waals surface area contributed by atoms with Crippen molar-refractivity contribution >= 4 is 34.9 Å². The quantitative estimate of drug-likeness (QED) is 0.668. The zero-order valence-corrected chi connectivity index (χ0v) is 16.1. The van der Waals surface area contributed by atoms with Gasteiger partial charge in [0.05, 0.1) is 37.6 Å². The second kappa shape index (κ2) is 9.68. The van der Waals surface area contributed by atoms with E-state index in [4.69, 9.17) is 21.1 Å². The first-order valence-corrected chi connectivity index (χ1v) is 8.50. The van der Waals surface area contributed by atoms with Gasteiger partial charge in [0.1, 0.15) is 0 Å². The largest absolute Gasteiger partial charge is 0.493 e. The van der Waals surface area contributed by atoms with E-state index < -0.39 is 5.97 Å². The topological polar surface area (TPSA) is 85.9 Å². The van der Waals surface area contributed by atoms with Crippen LogP contribution in [0.1, 0.15) is 16.8 Å². The number of nitrogens with one attached hydrogen (secondary N) is 2. The van der Waals surface area contributed by atoms with E-state index in [9.17, 15) is 9.59 Å². The lowest BCUT2D eigenvalue weighted by atomic mass is 10.2. The van der Waals surface area contributed by atoms with Crippen molar-refractivity contribution in [1.82, 2.24) is 0 Å². The van der Waals surface area contributed by atoms with E-state index in [0.717, 1.165) is 5.69 Å². The van der Waals surface area contributed by atoms with Crippen LogP contribution in [-0.2, 0) is 9.53 Å². The number of halogens is 1. The molecule has 2 aromatic carbocycles. The molecule has 0 heterocycles. The lowest BCUT2D eigenvalue weighted by molar-refractivity contribution is -0.115. The van der Waals surface area contributed by atoms with Gasteiger partial charge < -0.3 is 24.8 Å². The van der Waals surface area contributed by atoms with E-state index in [1.807, 2.05) is 6.07 Å². The number of benzene rings is 2. The first-order chi connectivity index (χ1) is 13.0. The minimum Gasteiger partial charge on any atom is -0.493 e. The number of carbonyl (C=O) groups is 2. The molecule has 2 N–H and O–H groups in total. The molecule has 27 heavy (non-hydrogen) atoms. The highest BCUT2D eigenvalue weighted by molar-refractivity contribution is 6.33. The van der Waals surface area contributed by atoms with Gasteiger partial charge in [-0.05, 0) is 30.3 Å². The second-order valence-corrected chi connectivity index (χ2v) is 5.89. The van der Waals surface area contributed by atoms with E-state index in [1.54, 1.807) is 26.4 Å². The molecular formula is C19H21ClN2O5. The number of esters is 1. The summed E-state index contributed by atoms with van der Waals surface area (Å²) < 4.78 is 15.1. The van der Waals surface area contributed by atoms with Crippen molar-refractivity contribution in [3.05, 3.63) is 47.0 Å². The smallest absolute Gasteiger partial charge is 0.337 e. The SMILES string of the molecule is COC(=O)c1ccc(Cl)c(NC(=O)CCNc2ccc(OC)c(OC)c2)c1. The maximum Gasteiger partial charge on any atom is 0.337 e. The fourth-order valence-corrected chi connectivity index (χ4v) is 2.51. The van der Waals surface area contributed by atoms with Crippen LogP contribution in [0.3, 0.4) is 0 Å². The Morgan fingerprint density at radius 2 is 1.74 bits per heavy atom. The first kappa shape index (κ1) is 20.4. The number of hydrogen-bond donors (Lipinski definition) is 2. The van der Waals surface area contributed by atoms with E-state index >= 15 is 0 Å². The summed E-state index contributed by atoms with van der Waals surface area (Å²) >= 11 is 6.07. The van der Waals surface area contributed by atoms with Crippen molar-refractivity contribution in [2.75, 3.05) is 38.5 Å². The Hall–Kier alpha value is -2.93. The fourth-order valence-electron chi connectivity index (χ4n) is 2.35. The number of methoxy groups -OCH3 is 3. The third kappa shape index (κ3) is 5.52. The monoisotopic (exact) mass is 392 g/mol. The van der Waals surface area contributed by atoms with Gasteiger partial charge in [-0.2, -0.15) is 0 Å². The molecule has 0 aliphatic carbocycles. The Bertz CT molecular complexity index is 826. The van der Waals surface area contributed by atoms with Crippen LogP contribution in [0.4, 0.5) is 11.4 Å². The summed E-state index contributed by atoms with van der Waals surface area (Å²) in [5, 5.41) is 6.17. The average molecular weight is 393 g/mol. The second-order valence-electron chi connectivity index (χ2n) is 5.48. The van der Waals surface area contributed by atoms with E-state index in [0.29, 0.717) is 34.3 Å². The van der Waals surface area contributed by atoms with E-state index in [1.165, 1.54) is 25.3 Å². The van der Waals surface area contributed by atoms with Gasteiger partial charge in [0.25, 0.3) is 0 Å². The predicted molar refractivity (Wildman–Crippen MR) is 104 cm³/mol. The Morgan fingerprint density at radius 1 is 1.00 bits per heavy atom. The highest BCUT2D eigenvalue weighted by Gasteiger charge is 2.11. The van der Waals surface area contributed by atoms with Crippen LogP contribution < -0.4 is 20.1 Å². The molecule has 0 saturated carbocycles. The molecule has 0 aliphatic rings. The summed E-state index contributed by atoms with van der Waals surface area (Å²) in [6, 6.07) is 9.93. The van der Waals surface area contributed by atoms with Crippen LogP contribution in [0.15, 0.2) is 36.4 Å². The molecule has 0 aliphatic heterocycles. The van der Waals surface area contributed by atoms with Crippen molar-refractivity contribution in [2.24, 2.45) is 0 Å². The lowest BCUT2D eigenvalue weighted by Crippen LogP contribution is -2.17. The highest BCUT2D eigenvalue weighted by Crippen LogP contribution is 2.29. The predicted octanol–water partition coefficient (Wildman–Crippen LogP) is 3.58. The number of amides is 1. The van der Waals surface area contributed by atoms with E-state index in [-0.39, 0.29) is 12.3 Å². The summed E-state index contributed by atoms with van der Waals surface area (Å²) in [7, 11) is 4.41. The van der Waals surface area contributed by atoms with E-state index in [2.05, 4.69) is 15.4 Å². The third-order valence-corrected chi connectivity index (χ3v) is 4.06. The van der Waals surface area contributed by atoms with Gasteiger partial charge in [0, 0.05) is 24.7 Å². The number of anilines is 2. The van der Waals surface area contributed by atoms with Crippen LogP contribution in [0, 0.1) is 0 Å². The van der Waals surface area contributed by atoms with Crippen LogP contribution in [0.5, 0.6) is 11.5 Å². The van der Waals surface area contributed by atoms with Gasteiger partial charge >= 0.3 is 5.97 Å². The fraction of sp³-hybridized carbons (Fsp3) is 0.263. The summed E-state index contributed by atoms with van der Waals surface area (Å²) in [6.07, 6.45) is 0.202. The molecule has 2 aromatic rings. The van der Waals surface area contributed by atoms with Gasteiger partial charge in [0.15, 0.2) is 11.5 Å². The highest BCUT2D eigenvalue weighted by atomic mass is 35.5. The number of ether oxygens (including phenoxy) is 3. The number of rotatable bonds is 8. The minimum atomic E-state index is -0.503. The van der Waals surface area contributed by atoms with Crippen LogP contribution >= 0.6 is 11.6 Å². The van der Waals surface area contributed by atoms with Crippen molar-refractivity contribution < 1.29 is 23.8 Å². The molecule has 0 aromatic heterocycles. The normalized spacial score (nSPS) is 10.1. The summed E-state index contributed by atoms with van der Waals surface area (Å²) in [4.78, 5) is 23.7. The van der Waals surface area contributed by atoms with Crippen LogP contribution in [-0.4, -0.2) is 39.8 Å². The Kier molecular flexibility index (Phi) is 7.31. The molecule has 0 bridgehead atoms. The maximum absolute atomic E-state index is 12.2. The molecule has 2 rings (SSSR count). The van der Waals surface area contributed by atoms with Gasteiger partial charge in [-0.1, -0.05) is 11.6 Å². The molecule has 0 radical (unpaired) electrons. The van der Waals surface area contributed by atoms with Crippen molar-refractivity contribution in [3.8, 4) is 11.5 Å². The molecule has 0 unspecified atom stereocenters. The summed E-state index contributed by atoms with van der Waals surface area (Å²) in [6.45, 7) is 0.398. The Morgan fingerprint density at radius 3 is 2.41 bits per heavy atom. The molecule has 8 heteroatoms. The number of carbonyl (C=O) groups excluding carboxylic acids is 2. The molecule has 0 saturated heterocycles. The molecule has 144 valence electrons. The molecule has 0 atom stereocenters. The zero-order valence-electron chi connectivity index (χ0n) is 15.3. The molecular weight excluding hydrogens is 372 g/mol. The standard InChI is InChI=1S/C19H21ClN2O5/c1-25-16-7-5-13(11-17(16)26-2)21-9-8-18(23)22-15-10-12(19(24)27-3)4-6-14(15)20/h4-7,10-11,21H,8-9H2,1-3H3,(H,22,23). The number of hydrogen-bond acceptors (Lipinski definition) is 6. The summed E-state index contributed by atoms with van der Waals surface area (Å²) in [5.74, 6) is 0.475. The maximum atomic E-state index is 12.2. The Labute approximate surface area is 162 Å². The van der Waals surface area contributed by atoms with Crippen molar-refractivity contribution in [2.45, 2.75) is 6.42 Å². The van der Waals surface area contributed by atoms with Crippen LogP contribution in [0.2, 0.25) is 5.02 Å². The van der Waals surface area contributed by atoms with Gasteiger partial charge in [-0.3, -0.25) is 4.79 Å². The molecule has 0 fully saturated rings. The Balaban J connectivity index is 1.92. The van der Waals surface area contributed by atoms with Crippen molar-refractivity contribution in [1.29, 1.82) is 0 Å². The molecule has 1 amide bonds. The van der Waals surface area contributed by atoms with Crippen LogP contribution in [0.25, 0.3) is 0 Å². The third-order valence-electron chi connectivity index (χ3n) is 3.73. The average Bonchev–Trinajstić information content (AvgIpc) is 2.68. The molecule has 7 nitrogen and oxygen atoms in total. The van der Waals surface area contributed by atoms with Crippen molar-refractivity contribution in [3.63, 3.8) is 0 Å². The first-order valence-electron chi connectivity index (χ1n) is 8.12. The van der Waals surface area contributed by atoms with Gasteiger partial charge in [0.2, 0.25) is 5.91 Å². The molecule has 0 spiro atoms. The van der Waals surface area contributed by atoms with Gasteiger partial charge in [-0.25, -0.2) is 4.79 Å². The summed E-state index contributed by atoms with van der Waals surface area (Å²) in [5.41, 5.74) is 1.46. The van der Waals surface area contributed by atoms with Gasteiger partial charge in [-0.15, -0.1) is 0 Å².